The average molecular weight is 815 g/mol. The van der Waals surface area contributed by atoms with E-state index in [1.807, 2.05) is 0 Å². The van der Waals surface area contributed by atoms with E-state index in [-0.39, 0.29) is 0 Å². The molecule has 0 aliphatic heterocycles. The zero-order valence-electron chi connectivity index (χ0n) is 34.7. The molecular formula is C60H38N4. The number of fused-ring (bicyclic) bond motifs is 9. The summed E-state index contributed by atoms with van der Waals surface area (Å²) in [5.41, 5.74) is 14.1. The van der Waals surface area contributed by atoms with Crippen molar-refractivity contribution in [1.82, 2.24) is 19.1 Å². The fraction of sp³-hybridized carbons (Fsp3) is 0. The van der Waals surface area contributed by atoms with Crippen LogP contribution in [-0.2, 0) is 0 Å². The summed E-state index contributed by atoms with van der Waals surface area (Å²) in [6, 6.07) is 82.7. The quantitative estimate of drug-likeness (QED) is 0.168. The van der Waals surface area contributed by atoms with Gasteiger partial charge in [0.2, 0.25) is 0 Å². The molecule has 0 radical (unpaired) electrons. The van der Waals surface area contributed by atoms with Crippen LogP contribution in [0.5, 0.6) is 0 Å². The zero-order valence-corrected chi connectivity index (χ0v) is 34.7. The number of hydrogen-bond donors (Lipinski definition) is 0. The number of para-hydroxylation sites is 3. The molecule has 4 nitrogen and oxygen atoms in total. The second-order valence-corrected chi connectivity index (χ2v) is 16.6. The smallest absolute Gasteiger partial charge is 0.160 e. The molecule has 13 rings (SSSR count). The van der Waals surface area contributed by atoms with Crippen molar-refractivity contribution in [1.29, 1.82) is 0 Å². The summed E-state index contributed by atoms with van der Waals surface area (Å²) < 4.78 is 4.88. The molecular weight excluding hydrogens is 777 g/mol. The maximum absolute atomic E-state index is 5.41. The SMILES string of the molecule is c1ccc(-c2ccc(-c3cc(-c4cc(-n5c6ccccc6c6c7c8ccccc8n(-c8ccccc8)c7ccc65)c5ccccc5c4)nc(-c4ccc5ccccc5c4)n3)cc2)cc1. The highest BCUT2D eigenvalue weighted by Crippen LogP contribution is 2.44. The molecule has 0 bridgehead atoms. The first-order valence-electron chi connectivity index (χ1n) is 21.8. The summed E-state index contributed by atoms with van der Waals surface area (Å²) in [4.78, 5) is 10.7. The van der Waals surface area contributed by atoms with E-state index in [0.29, 0.717) is 5.82 Å². The molecule has 13 aromatic rings. The van der Waals surface area contributed by atoms with Crippen molar-refractivity contribution in [3.8, 4) is 56.4 Å². The van der Waals surface area contributed by atoms with Gasteiger partial charge in [-0.1, -0.05) is 170 Å². The highest BCUT2D eigenvalue weighted by atomic mass is 15.0. The van der Waals surface area contributed by atoms with Gasteiger partial charge in [0.15, 0.2) is 5.82 Å². The Bertz CT molecular complexity index is 3940. The first kappa shape index (κ1) is 36.1. The van der Waals surface area contributed by atoms with E-state index in [1.54, 1.807) is 0 Å². The highest BCUT2D eigenvalue weighted by molar-refractivity contribution is 6.29. The molecule has 10 aromatic carbocycles. The summed E-state index contributed by atoms with van der Waals surface area (Å²) in [5, 5.41) is 9.61. The van der Waals surface area contributed by atoms with Crippen LogP contribution in [0, 0.1) is 0 Å². The van der Waals surface area contributed by atoms with Crippen molar-refractivity contribution in [2.45, 2.75) is 0 Å². The Balaban J connectivity index is 1.06. The predicted octanol–water partition coefficient (Wildman–Crippen LogP) is 15.6. The molecule has 0 amide bonds. The van der Waals surface area contributed by atoms with Gasteiger partial charge in [-0.05, 0) is 87.9 Å². The van der Waals surface area contributed by atoms with E-state index >= 15 is 0 Å². The average Bonchev–Trinajstić information content (AvgIpc) is 3.89. The molecule has 0 saturated carbocycles. The summed E-state index contributed by atoms with van der Waals surface area (Å²) in [6.45, 7) is 0. The maximum atomic E-state index is 5.41. The van der Waals surface area contributed by atoms with Gasteiger partial charge in [-0.15, -0.1) is 0 Å². The molecule has 64 heavy (non-hydrogen) atoms. The van der Waals surface area contributed by atoms with Crippen LogP contribution in [0.1, 0.15) is 0 Å². The normalized spacial score (nSPS) is 11.8. The van der Waals surface area contributed by atoms with Crippen LogP contribution < -0.4 is 0 Å². The largest absolute Gasteiger partial charge is 0.309 e. The van der Waals surface area contributed by atoms with Gasteiger partial charge in [-0.3, -0.25) is 0 Å². The molecule has 0 fully saturated rings. The molecule has 3 aromatic heterocycles. The predicted molar refractivity (Wildman–Crippen MR) is 267 cm³/mol. The molecule has 0 aliphatic rings. The van der Waals surface area contributed by atoms with Crippen LogP contribution in [-0.4, -0.2) is 19.1 Å². The van der Waals surface area contributed by atoms with Crippen molar-refractivity contribution >= 4 is 65.2 Å². The van der Waals surface area contributed by atoms with Gasteiger partial charge < -0.3 is 9.13 Å². The Morgan fingerprint density at radius 2 is 0.781 bits per heavy atom. The summed E-state index contributed by atoms with van der Waals surface area (Å²) in [7, 11) is 0. The monoisotopic (exact) mass is 814 g/mol. The Morgan fingerprint density at radius 3 is 1.50 bits per heavy atom. The van der Waals surface area contributed by atoms with Crippen molar-refractivity contribution in [2.24, 2.45) is 0 Å². The molecule has 0 aliphatic carbocycles. The zero-order chi connectivity index (χ0) is 42.1. The number of hydrogen-bond acceptors (Lipinski definition) is 2. The van der Waals surface area contributed by atoms with Gasteiger partial charge in [0, 0.05) is 49.3 Å². The molecule has 3 heterocycles. The fourth-order valence-corrected chi connectivity index (χ4v) is 9.92. The van der Waals surface area contributed by atoms with Crippen LogP contribution >= 0.6 is 0 Å². The maximum Gasteiger partial charge on any atom is 0.160 e. The second-order valence-electron chi connectivity index (χ2n) is 16.6. The molecule has 0 saturated heterocycles. The first-order chi connectivity index (χ1) is 31.7. The third-order valence-corrected chi connectivity index (χ3v) is 12.9. The highest BCUT2D eigenvalue weighted by Gasteiger charge is 2.22. The van der Waals surface area contributed by atoms with Crippen LogP contribution in [0.15, 0.2) is 231 Å². The topological polar surface area (TPSA) is 35.6 Å². The standard InChI is InChI=1S/C60H38N4/c1-3-15-39(16-4-1)41-27-30-42(31-28-41)51-38-52(62-60(61-51)45-32-29-40-17-7-8-18-43(40)35-45)46-36-44-19-9-10-22-48(44)57(37-46)64-54-26-14-12-24-50(54)59-56(64)34-33-55-58(59)49-23-11-13-25-53(49)63(55)47-20-5-2-6-21-47/h1-38H. The minimum absolute atomic E-state index is 0.689. The molecule has 4 heteroatoms. The van der Waals surface area contributed by atoms with Gasteiger partial charge in [0.25, 0.3) is 0 Å². The minimum Gasteiger partial charge on any atom is -0.309 e. The number of benzene rings is 10. The summed E-state index contributed by atoms with van der Waals surface area (Å²) in [5.74, 6) is 0.689. The van der Waals surface area contributed by atoms with Gasteiger partial charge >= 0.3 is 0 Å². The molecule has 0 atom stereocenters. The van der Waals surface area contributed by atoms with Crippen molar-refractivity contribution in [3.05, 3.63) is 231 Å². The number of aromatic nitrogens is 4. The van der Waals surface area contributed by atoms with Gasteiger partial charge in [-0.2, -0.15) is 0 Å². The molecule has 0 spiro atoms. The minimum atomic E-state index is 0.689. The van der Waals surface area contributed by atoms with Crippen molar-refractivity contribution in [3.63, 3.8) is 0 Å². The first-order valence-corrected chi connectivity index (χ1v) is 21.8. The Morgan fingerprint density at radius 1 is 0.281 bits per heavy atom. The van der Waals surface area contributed by atoms with Crippen LogP contribution in [0.2, 0.25) is 0 Å². The van der Waals surface area contributed by atoms with Crippen LogP contribution in [0.25, 0.3) is 122 Å². The fourth-order valence-electron chi connectivity index (χ4n) is 9.92. The molecule has 0 unspecified atom stereocenters. The lowest BCUT2D eigenvalue weighted by Gasteiger charge is -2.16. The van der Waals surface area contributed by atoms with Crippen LogP contribution in [0.4, 0.5) is 0 Å². The van der Waals surface area contributed by atoms with E-state index in [0.717, 1.165) is 61.3 Å². The third-order valence-electron chi connectivity index (χ3n) is 12.9. The van der Waals surface area contributed by atoms with E-state index in [4.69, 9.17) is 9.97 Å². The lowest BCUT2D eigenvalue weighted by molar-refractivity contribution is 1.17. The number of nitrogens with zero attached hydrogens (tertiary/aromatic N) is 4. The van der Waals surface area contributed by atoms with E-state index in [2.05, 4.69) is 240 Å². The van der Waals surface area contributed by atoms with E-state index in [1.165, 1.54) is 54.5 Å². The lowest BCUT2D eigenvalue weighted by Crippen LogP contribution is -1.99. The van der Waals surface area contributed by atoms with Crippen molar-refractivity contribution < 1.29 is 0 Å². The molecule has 0 N–H and O–H groups in total. The van der Waals surface area contributed by atoms with E-state index < -0.39 is 0 Å². The summed E-state index contributed by atoms with van der Waals surface area (Å²) >= 11 is 0. The third kappa shape index (κ3) is 5.77. The van der Waals surface area contributed by atoms with Gasteiger partial charge in [0.1, 0.15) is 0 Å². The lowest BCUT2D eigenvalue weighted by atomic mass is 9.99. The Kier molecular flexibility index (Phi) is 8.18. The Hall–Kier alpha value is -8.60. The molecule has 298 valence electrons. The van der Waals surface area contributed by atoms with E-state index in [9.17, 15) is 0 Å². The summed E-state index contributed by atoms with van der Waals surface area (Å²) in [6.07, 6.45) is 0. The number of rotatable bonds is 6. The van der Waals surface area contributed by atoms with Crippen LogP contribution in [0.3, 0.4) is 0 Å². The van der Waals surface area contributed by atoms with Gasteiger partial charge in [0.05, 0.1) is 39.1 Å². The second kappa shape index (κ2) is 14.5. The van der Waals surface area contributed by atoms with Gasteiger partial charge in [-0.25, -0.2) is 9.97 Å². The van der Waals surface area contributed by atoms with Crippen molar-refractivity contribution in [2.75, 3.05) is 0 Å². The Labute approximate surface area is 369 Å².